The van der Waals surface area contributed by atoms with Crippen molar-refractivity contribution in [2.75, 3.05) is 0 Å². The summed E-state index contributed by atoms with van der Waals surface area (Å²) in [4.78, 5) is 0. The highest BCUT2D eigenvalue weighted by Gasteiger charge is 1.95. The lowest BCUT2D eigenvalue weighted by atomic mass is 10.0. The molecule has 0 N–H and O–H groups in total. The Hall–Kier alpha value is -0.750. The van der Waals surface area contributed by atoms with E-state index in [-0.39, 0.29) is 0 Å². The molecule has 0 aromatic rings. The predicted octanol–water partition coefficient (Wildman–Crippen LogP) is 5.38. The van der Waals surface area contributed by atoms with Crippen molar-refractivity contribution < 1.29 is 0 Å². The summed E-state index contributed by atoms with van der Waals surface area (Å²) < 4.78 is 0. The molecule has 0 spiro atoms. The van der Waals surface area contributed by atoms with Gasteiger partial charge in [-0.1, -0.05) is 34.9 Å². The molecular formula is C14H21Cl. The van der Waals surface area contributed by atoms with E-state index < -0.39 is 0 Å². The largest absolute Gasteiger partial charge is 0.0847 e. The molecular weight excluding hydrogens is 204 g/mol. The van der Waals surface area contributed by atoms with Crippen LogP contribution in [-0.2, 0) is 0 Å². The van der Waals surface area contributed by atoms with E-state index in [1.54, 1.807) is 0 Å². The Morgan fingerprint density at radius 3 is 1.73 bits per heavy atom. The molecule has 0 heterocycles. The monoisotopic (exact) mass is 224 g/mol. The summed E-state index contributed by atoms with van der Waals surface area (Å²) in [5, 5.41) is 0.787. The molecule has 15 heavy (non-hydrogen) atoms. The average molecular weight is 225 g/mol. The van der Waals surface area contributed by atoms with Crippen LogP contribution in [0, 0.1) is 0 Å². The molecule has 84 valence electrons. The first-order valence-corrected chi connectivity index (χ1v) is 5.59. The lowest BCUT2D eigenvalue weighted by Gasteiger charge is -2.03. The van der Waals surface area contributed by atoms with Crippen LogP contribution in [0.15, 0.2) is 45.6 Å². The molecule has 0 amide bonds. The standard InChI is InChI=1S/C14H21Cl/c1-7-14(15)9-13(6)12(5)8-11(4)10(2)3/h7-9H,1-6H3/b12-8+,13-9-,14-7+. The summed E-state index contributed by atoms with van der Waals surface area (Å²) in [6.45, 7) is 12.5. The van der Waals surface area contributed by atoms with Crippen LogP contribution < -0.4 is 0 Å². The highest BCUT2D eigenvalue weighted by Crippen LogP contribution is 2.16. The van der Waals surface area contributed by atoms with Gasteiger partial charge in [0.25, 0.3) is 0 Å². The Morgan fingerprint density at radius 2 is 1.33 bits per heavy atom. The highest BCUT2D eigenvalue weighted by atomic mass is 35.5. The maximum atomic E-state index is 5.95. The van der Waals surface area contributed by atoms with Gasteiger partial charge in [0.1, 0.15) is 0 Å². The fourth-order valence-corrected chi connectivity index (χ4v) is 1.15. The maximum absolute atomic E-state index is 5.95. The van der Waals surface area contributed by atoms with Gasteiger partial charge < -0.3 is 0 Å². The molecule has 0 atom stereocenters. The van der Waals surface area contributed by atoms with Crippen molar-refractivity contribution in [2.24, 2.45) is 0 Å². The summed E-state index contributed by atoms with van der Waals surface area (Å²) in [6.07, 6.45) is 6.08. The van der Waals surface area contributed by atoms with E-state index in [2.05, 4.69) is 40.7 Å². The Balaban J connectivity index is 4.96. The summed E-state index contributed by atoms with van der Waals surface area (Å²) >= 11 is 5.95. The molecule has 0 saturated carbocycles. The van der Waals surface area contributed by atoms with Gasteiger partial charge in [0.15, 0.2) is 0 Å². The SMILES string of the molecule is C\C=C(Cl)/C=C(C)\C(C)=C\C(C)=C(C)C. The van der Waals surface area contributed by atoms with E-state index in [0.717, 1.165) is 5.03 Å². The third kappa shape index (κ3) is 5.64. The second-order valence-electron chi connectivity index (χ2n) is 4.01. The number of hydrogen-bond acceptors (Lipinski definition) is 0. The number of allylic oxidation sites excluding steroid dienone is 8. The molecule has 0 rings (SSSR count). The predicted molar refractivity (Wildman–Crippen MR) is 71.2 cm³/mol. The van der Waals surface area contributed by atoms with Gasteiger partial charge in [0.05, 0.1) is 0 Å². The van der Waals surface area contributed by atoms with E-state index in [4.69, 9.17) is 11.6 Å². The molecule has 1 heteroatoms. The minimum atomic E-state index is 0.787. The zero-order valence-corrected chi connectivity index (χ0v) is 11.4. The van der Waals surface area contributed by atoms with Gasteiger partial charge in [0, 0.05) is 5.03 Å². The maximum Gasteiger partial charge on any atom is 0.0366 e. The van der Waals surface area contributed by atoms with Gasteiger partial charge in [-0.05, 0) is 58.8 Å². The van der Waals surface area contributed by atoms with E-state index in [0.29, 0.717) is 0 Å². The van der Waals surface area contributed by atoms with Crippen LogP contribution in [0.25, 0.3) is 0 Å². The molecule has 0 unspecified atom stereocenters. The summed E-state index contributed by atoms with van der Waals surface area (Å²) in [5.41, 5.74) is 5.13. The minimum absolute atomic E-state index is 0.787. The van der Waals surface area contributed by atoms with Gasteiger partial charge in [-0.15, -0.1) is 0 Å². The summed E-state index contributed by atoms with van der Waals surface area (Å²) in [6, 6.07) is 0. The number of halogens is 1. The first-order chi connectivity index (χ1) is 6.88. The fraction of sp³-hybridized carbons (Fsp3) is 0.429. The van der Waals surface area contributed by atoms with Gasteiger partial charge in [-0.3, -0.25) is 0 Å². The topological polar surface area (TPSA) is 0 Å². The Labute approximate surface area is 99.0 Å². The third-order valence-corrected chi connectivity index (χ3v) is 2.80. The zero-order valence-electron chi connectivity index (χ0n) is 10.6. The van der Waals surface area contributed by atoms with Crippen molar-refractivity contribution in [3.8, 4) is 0 Å². The smallest absolute Gasteiger partial charge is 0.0366 e. The molecule has 0 aromatic heterocycles. The molecule has 0 saturated heterocycles. The van der Waals surface area contributed by atoms with Crippen molar-refractivity contribution in [1.29, 1.82) is 0 Å². The van der Waals surface area contributed by atoms with Gasteiger partial charge in [0.2, 0.25) is 0 Å². The fourth-order valence-electron chi connectivity index (χ4n) is 0.987. The van der Waals surface area contributed by atoms with Crippen LogP contribution in [0.3, 0.4) is 0 Å². The number of rotatable bonds is 3. The van der Waals surface area contributed by atoms with Gasteiger partial charge in [-0.25, -0.2) is 0 Å². The zero-order chi connectivity index (χ0) is 12.0. The Bertz CT molecular complexity index is 334. The van der Waals surface area contributed by atoms with Crippen molar-refractivity contribution in [2.45, 2.75) is 41.5 Å². The van der Waals surface area contributed by atoms with Crippen molar-refractivity contribution >= 4 is 11.6 Å². The second-order valence-corrected chi connectivity index (χ2v) is 4.45. The van der Waals surface area contributed by atoms with E-state index in [1.165, 1.54) is 22.3 Å². The molecule has 0 radical (unpaired) electrons. The van der Waals surface area contributed by atoms with Crippen molar-refractivity contribution in [1.82, 2.24) is 0 Å². The molecule has 0 nitrogen and oxygen atoms in total. The third-order valence-electron chi connectivity index (χ3n) is 2.47. The lowest BCUT2D eigenvalue weighted by Crippen LogP contribution is -1.83. The molecule has 0 fully saturated rings. The highest BCUT2D eigenvalue weighted by molar-refractivity contribution is 6.31. The first kappa shape index (κ1) is 14.2. The van der Waals surface area contributed by atoms with E-state index >= 15 is 0 Å². The summed E-state index contributed by atoms with van der Waals surface area (Å²) in [5.74, 6) is 0. The minimum Gasteiger partial charge on any atom is -0.0847 e. The number of hydrogen-bond donors (Lipinski definition) is 0. The summed E-state index contributed by atoms with van der Waals surface area (Å²) in [7, 11) is 0. The van der Waals surface area contributed by atoms with Crippen LogP contribution in [-0.4, -0.2) is 0 Å². The molecule has 0 aliphatic carbocycles. The quantitative estimate of drug-likeness (QED) is 0.565. The molecule has 0 aliphatic rings. The van der Waals surface area contributed by atoms with Crippen molar-refractivity contribution in [3.05, 3.63) is 45.6 Å². The van der Waals surface area contributed by atoms with Crippen LogP contribution in [0.4, 0.5) is 0 Å². The van der Waals surface area contributed by atoms with E-state index in [9.17, 15) is 0 Å². The second kappa shape index (κ2) is 6.68. The Kier molecular flexibility index (Phi) is 6.35. The Morgan fingerprint density at radius 1 is 0.867 bits per heavy atom. The van der Waals surface area contributed by atoms with Crippen LogP contribution >= 0.6 is 11.6 Å². The molecule has 0 aromatic carbocycles. The lowest BCUT2D eigenvalue weighted by molar-refractivity contribution is 1.25. The van der Waals surface area contributed by atoms with Crippen LogP contribution in [0.5, 0.6) is 0 Å². The van der Waals surface area contributed by atoms with E-state index in [1.807, 2.05) is 19.1 Å². The van der Waals surface area contributed by atoms with Crippen molar-refractivity contribution in [3.63, 3.8) is 0 Å². The van der Waals surface area contributed by atoms with Gasteiger partial charge >= 0.3 is 0 Å². The van der Waals surface area contributed by atoms with Crippen LogP contribution in [0.2, 0.25) is 0 Å². The van der Waals surface area contributed by atoms with Gasteiger partial charge in [-0.2, -0.15) is 0 Å². The van der Waals surface area contributed by atoms with Crippen LogP contribution in [0.1, 0.15) is 41.5 Å². The molecule has 0 aliphatic heterocycles. The average Bonchev–Trinajstić information content (AvgIpc) is 2.16. The molecule has 0 bridgehead atoms. The normalized spacial score (nSPS) is 14.2. The first-order valence-electron chi connectivity index (χ1n) is 5.21.